The van der Waals surface area contributed by atoms with Crippen LogP contribution in [0.4, 0.5) is 0 Å². The van der Waals surface area contributed by atoms with E-state index in [9.17, 15) is 0 Å². The lowest BCUT2D eigenvalue weighted by atomic mass is 10.1. The van der Waals surface area contributed by atoms with Crippen LogP contribution < -0.4 is 0 Å². The Balaban J connectivity index is 2.41. The van der Waals surface area contributed by atoms with Crippen molar-refractivity contribution in [2.75, 3.05) is 26.3 Å². The molecule has 0 amide bonds. The molecule has 1 aliphatic heterocycles. The molecule has 1 heterocycles. The van der Waals surface area contributed by atoms with E-state index in [-0.39, 0.29) is 5.92 Å². The van der Waals surface area contributed by atoms with E-state index in [1.807, 2.05) is 6.92 Å². The lowest BCUT2D eigenvalue weighted by molar-refractivity contribution is 0.105. The summed E-state index contributed by atoms with van der Waals surface area (Å²) in [4.78, 5) is 2.35. The number of hydrogen-bond donors (Lipinski definition) is 0. The third-order valence-corrected chi connectivity index (χ3v) is 2.45. The van der Waals surface area contributed by atoms with E-state index in [4.69, 9.17) is 10.00 Å². The molecule has 1 aliphatic rings. The smallest absolute Gasteiger partial charge is 0.0666 e. The molecule has 0 bridgehead atoms. The Hall–Kier alpha value is -0.590. The summed E-state index contributed by atoms with van der Waals surface area (Å²) in [5.41, 5.74) is 0. The van der Waals surface area contributed by atoms with Crippen molar-refractivity contribution < 1.29 is 4.74 Å². The van der Waals surface area contributed by atoms with Crippen LogP contribution in [-0.4, -0.2) is 37.2 Å². The molecule has 1 saturated heterocycles. The molecule has 2 unspecified atom stereocenters. The Morgan fingerprint density at radius 3 is 3.15 bits per heavy atom. The summed E-state index contributed by atoms with van der Waals surface area (Å²) >= 11 is 0. The largest absolute Gasteiger partial charge is 0.380 e. The lowest BCUT2D eigenvalue weighted by Crippen LogP contribution is -2.37. The second-order valence-corrected chi connectivity index (χ2v) is 3.80. The Bertz CT molecular complexity index is 188. The fourth-order valence-electron chi connectivity index (χ4n) is 1.61. The van der Waals surface area contributed by atoms with E-state index < -0.39 is 0 Å². The summed E-state index contributed by atoms with van der Waals surface area (Å²) in [7, 11) is 0. The molecule has 0 radical (unpaired) electrons. The molecule has 0 saturated carbocycles. The van der Waals surface area contributed by atoms with Gasteiger partial charge < -0.3 is 4.74 Å². The molecular weight excluding hydrogens is 164 g/mol. The molecule has 0 N–H and O–H groups in total. The summed E-state index contributed by atoms with van der Waals surface area (Å²) in [6.45, 7) is 7.74. The highest BCUT2D eigenvalue weighted by molar-refractivity contribution is 4.83. The highest BCUT2D eigenvalue weighted by Crippen LogP contribution is 2.09. The third-order valence-electron chi connectivity index (χ3n) is 2.45. The first-order chi connectivity index (χ1) is 6.24. The van der Waals surface area contributed by atoms with Crippen LogP contribution in [-0.2, 0) is 4.74 Å². The molecule has 0 aliphatic carbocycles. The normalized spacial score (nSPS) is 27.6. The molecule has 0 spiro atoms. The maximum atomic E-state index is 8.71. The number of rotatable bonds is 2. The Kier molecular flexibility index (Phi) is 4.20. The van der Waals surface area contributed by atoms with E-state index >= 15 is 0 Å². The van der Waals surface area contributed by atoms with E-state index in [1.54, 1.807) is 0 Å². The van der Waals surface area contributed by atoms with Gasteiger partial charge in [0.1, 0.15) is 0 Å². The van der Waals surface area contributed by atoms with Crippen molar-refractivity contribution in [1.29, 1.82) is 5.26 Å². The summed E-state index contributed by atoms with van der Waals surface area (Å²) in [6, 6.07) is 2.73. The molecule has 74 valence electrons. The molecule has 2 atom stereocenters. The summed E-state index contributed by atoms with van der Waals surface area (Å²) in [5, 5.41) is 8.71. The van der Waals surface area contributed by atoms with Gasteiger partial charge in [0.2, 0.25) is 0 Å². The van der Waals surface area contributed by atoms with Crippen LogP contribution >= 0.6 is 0 Å². The lowest BCUT2D eigenvalue weighted by Gasteiger charge is -2.26. The fourth-order valence-corrected chi connectivity index (χ4v) is 1.61. The van der Waals surface area contributed by atoms with E-state index in [0.717, 1.165) is 32.7 Å². The number of nitrogens with zero attached hydrogens (tertiary/aromatic N) is 2. The van der Waals surface area contributed by atoms with Gasteiger partial charge in [-0.05, 0) is 20.3 Å². The fraction of sp³-hybridized carbons (Fsp3) is 0.900. The van der Waals surface area contributed by atoms with Crippen LogP contribution in [0.5, 0.6) is 0 Å². The number of hydrogen-bond acceptors (Lipinski definition) is 3. The predicted octanol–water partition coefficient (Wildman–Crippen LogP) is 1.26. The van der Waals surface area contributed by atoms with Crippen LogP contribution in [0.1, 0.15) is 20.3 Å². The van der Waals surface area contributed by atoms with Crippen molar-refractivity contribution in [3.8, 4) is 6.07 Å². The van der Waals surface area contributed by atoms with Crippen LogP contribution in [0.3, 0.4) is 0 Å². The minimum atomic E-state index is 0.126. The predicted molar refractivity (Wildman–Crippen MR) is 51.2 cm³/mol. The van der Waals surface area contributed by atoms with Crippen LogP contribution in [0.25, 0.3) is 0 Å². The molecule has 0 aromatic carbocycles. The molecule has 3 nitrogen and oxygen atoms in total. The van der Waals surface area contributed by atoms with E-state index in [1.165, 1.54) is 0 Å². The van der Waals surface area contributed by atoms with Crippen LogP contribution in [0, 0.1) is 17.2 Å². The minimum absolute atomic E-state index is 0.126. The summed E-state index contributed by atoms with van der Waals surface area (Å²) in [5.74, 6) is 0.126. The first kappa shape index (κ1) is 10.5. The standard InChI is InChI=1S/C10H18N2O/c1-9(6-11)7-12-4-3-5-13-8-10(12)2/h9-10H,3-5,7-8H2,1-2H3. The number of ether oxygens (including phenoxy) is 1. The van der Waals surface area contributed by atoms with Crippen molar-refractivity contribution in [2.45, 2.75) is 26.3 Å². The summed E-state index contributed by atoms with van der Waals surface area (Å²) < 4.78 is 5.43. The van der Waals surface area contributed by atoms with Crippen LogP contribution in [0.15, 0.2) is 0 Å². The van der Waals surface area contributed by atoms with E-state index in [0.29, 0.717) is 6.04 Å². The molecule has 0 aromatic heterocycles. The first-order valence-corrected chi connectivity index (χ1v) is 4.95. The van der Waals surface area contributed by atoms with Crippen molar-refractivity contribution in [3.63, 3.8) is 0 Å². The Labute approximate surface area is 80.3 Å². The van der Waals surface area contributed by atoms with Gasteiger partial charge in [-0.3, -0.25) is 4.90 Å². The average Bonchev–Trinajstić information content (AvgIpc) is 2.32. The second kappa shape index (κ2) is 5.21. The van der Waals surface area contributed by atoms with Crippen molar-refractivity contribution in [3.05, 3.63) is 0 Å². The van der Waals surface area contributed by atoms with Gasteiger partial charge in [0.25, 0.3) is 0 Å². The maximum absolute atomic E-state index is 8.71. The monoisotopic (exact) mass is 182 g/mol. The van der Waals surface area contributed by atoms with Gasteiger partial charge in [-0.1, -0.05) is 0 Å². The topological polar surface area (TPSA) is 36.3 Å². The van der Waals surface area contributed by atoms with Gasteiger partial charge in [-0.25, -0.2) is 0 Å². The maximum Gasteiger partial charge on any atom is 0.0666 e. The zero-order chi connectivity index (χ0) is 9.68. The molecule has 3 heteroatoms. The zero-order valence-corrected chi connectivity index (χ0v) is 8.49. The van der Waals surface area contributed by atoms with Crippen molar-refractivity contribution in [2.24, 2.45) is 5.92 Å². The quantitative estimate of drug-likeness (QED) is 0.645. The van der Waals surface area contributed by atoms with E-state index in [2.05, 4.69) is 17.9 Å². The Morgan fingerprint density at radius 2 is 2.46 bits per heavy atom. The zero-order valence-electron chi connectivity index (χ0n) is 8.49. The van der Waals surface area contributed by atoms with Gasteiger partial charge in [-0.2, -0.15) is 5.26 Å². The highest BCUT2D eigenvalue weighted by Gasteiger charge is 2.18. The van der Waals surface area contributed by atoms with Gasteiger partial charge in [0.15, 0.2) is 0 Å². The van der Waals surface area contributed by atoms with Gasteiger partial charge in [-0.15, -0.1) is 0 Å². The van der Waals surface area contributed by atoms with Gasteiger partial charge >= 0.3 is 0 Å². The first-order valence-electron chi connectivity index (χ1n) is 4.95. The second-order valence-electron chi connectivity index (χ2n) is 3.80. The van der Waals surface area contributed by atoms with Gasteiger partial charge in [0, 0.05) is 25.7 Å². The molecule has 13 heavy (non-hydrogen) atoms. The molecule has 0 aromatic rings. The molecule has 1 rings (SSSR count). The minimum Gasteiger partial charge on any atom is -0.380 e. The van der Waals surface area contributed by atoms with Gasteiger partial charge in [0.05, 0.1) is 18.6 Å². The Morgan fingerprint density at radius 1 is 1.69 bits per heavy atom. The average molecular weight is 182 g/mol. The summed E-state index contributed by atoms with van der Waals surface area (Å²) in [6.07, 6.45) is 1.09. The highest BCUT2D eigenvalue weighted by atomic mass is 16.5. The number of nitriles is 1. The molecular formula is C10H18N2O. The molecule has 1 fully saturated rings. The SMILES string of the molecule is CC(C#N)CN1CCCOCC1C. The van der Waals surface area contributed by atoms with Crippen LogP contribution in [0.2, 0.25) is 0 Å². The third kappa shape index (κ3) is 3.33. The van der Waals surface area contributed by atoms with Crippen molar-refractivity contribution in [1.82, 2.24) is 4.90 Å². The van der Waals surface area contributed by atoms with Crippen molar-refractivity contribution >= 4 is 0 Å².